The predicted octanol–water partition coefficient (Wildman–Crippen LogP) is 4.16. The van der Waals surface area contributed by atoms with Crippen LogP contribution in [0.4, 0.5) is 0 Å². The molecule has 0 aromatic rings. The number of carbonyl (C=O) groups is 1. The van der Waals surface area contributed by atoms with Crippen LogP contribution in [0.5, 0.6) is 0 Å². The summed E-state index contributed by atoms with van der Waals surface area (Å²) in [6.45, 7) is 2.20. The van der Waals surface area contributed by atoms with Crippen LogP contribution in [0, 0.1) is 0 Å². The molecule has 0 bridgehead atoms. The van der Waals surface area contributed by atoms with Crippen LogP contribution in [-0.2, 0) is 4.79 Å². The van der Waals surface area contributed by atoms with E-state index in [9.17, 15) is 9.90 Å². The van der Waals surface area contributed by atoms with Crippen molar-refractivity contribution in [2.24, 2.45) is 0 Å². The number of carboxylic acid groups (broad SMARTS) is 1. The molecule has 0 aromatic carbocycles. The van der Waals surface area contributed by atoms with Gasteiger partial charge in [-0.3, -0.25) is 4.79 Å². The molecule has 0 spiro atoms. The van der Waals surface area contributed by atoms with Crippen LogP contribution in [-0.4, -0.2) is 67.8 Å². The van der Waals surface area contributed by atoms with Crippen molar-refractivity contribution in [3.8, 4) is 0 Å². The summed E-state index contributed by atoms with van der Waals surface area (Å²) < 4.78 is 0. The molecule has 0 fully saturated rings. The number of rotatable bonds is 15. The van der Waals surface area contributed by atoms with Crippen LogP contribution in [0.25, 0.3) is 0 Å². The SMILES string of the molecule is CCCCCCC(O)C/C=C\CCCCCCCC(=O)O.[SrH2]. The third kappa shape index (κ3) is 20.7. The molecule has 0 saturated carbocycles. The van der Waals surface area contributed by atoms with Gasteiger partial charge in [0.15, 0.2) is 0 Å². The fourth-order valence-corrected chi connectivity index (χ4v) is 2.36. The molecule has 1 unspecified atom stereocenters. The van der Waals surface area contributed by atoms with Crippen molar-refractivity contribution in [1.29, 1.82) is 0 Å². The molecular weight excluding hydrogens is 352 g/mol. The Morgan fingerprint density at radius 2 is 1.59 bits per heavy atom. The van der Waals surface area contributed by atoms with Crippen LogP contribution < -0.4 is 0 Å². The van der Waals surface area contributed by atoms with E-state index in [0.29, 0.717) is 6.42 Å². The number of aliphatic hydroxyl groups excluding tert-OH is 1. The number of allylic oxidation sites excluding steroid dienone is 1. The molecule has 128 valence electrons. The molecule has 0 amide bonds. The van der Waals surface area contributed by atoms with Gasteiger partial charge in [-0.05, 0) is 32.1 Å². The minimum atomic E-state index is -0.689. The summed E-state index contributed by atoms with van der Waals surface area (Å²) in [7, 11) is 0. The first-order chi connectivity index (χ1) is 10.2. The van der Waals surface area contributed by atoms with Crippen LogP contribution in [0.1, 0.15) is 90.4 Å². The minimum absolute atomic E-state index is 0. The fraction of sp³-hybridized carbons (Fsp3) is 0.833. The molecule has 2 N–H and O–H groups in total. The van der Waals surface area contributed by atoms with Gasteiger partial charge in [-0.15, -0.1) is 0 Å². The Morgan fingerprint density at radius 3 is 2.27 bits per heavy atom. The Balaban J connectivity index is 0. The molecule has 0 aliphatic rings. The van der Waals surface area contributed by atoms with Crippen molar-refractivity contribution in [3.05, 3.63) is 12.2 Å². The van der Waals surface area contributed by atoms with Crippen molar-refractivity contribution >= 4 is 51.5 Å². The second-order valence-electron chi connectivity index (χ2n) is 5.91. The molecule has 0 heterocycles. The second kappa shape index (κ2) is 19.7. The average molecular weight is 388 g/mol. The van der Waals surface area contributed by atoms with Crippen molar-refractivity contribution in [2.45, 2.75) is 96.5 Å². The van der Waals surface area contributed by atoms with E-state index in [-0.39, 0.29) is 51.6 Å². The van der Waals surface area contributed by atoms with Gasteiger partial charge >= 0.3 is 51.5 Å². The van der Waals surface area contributed by atoms with Gasteiger partial charge in [-0.2, -0.15) is 0 Å². The third-order valence-electron chi connectivity index (χ3n) is 3.73. The Labute approximate surface area is 173 Å². The number of aliphatic hydroxyl groups is 1. The molecule has 0 rings (SSSR count). The summed E-state index contributed by atoms with van der Waals surface area (Å²) in [5.41, 5.74) is 0. The van der Waals surface area contributed by atoms with Crippen LogP contribution in [0.3, 0.4) is 0 Å². The van der Waals surface area contributed by atoms with Crippen molar-refractivity contribution in [3.63, 3.8) is 0 Å². The van der Waals surface area contributed by atoms with Gasteiger partial charge < -0.3 is 10.2 Å². The first-order valence-corrected chi connectivity index (χ1v) is 8.71. The third-order valence-corrected chi connectivity index (χ3v) is 3.73. The standard InChI is InChI=1S/C18H34O3.Sr.2H/c1-2-3-4-11-14-17(19)15-12-9-7-5-6-8-10-13-16-18(20)21;;;/h9,12,17,19H,2-8,10-11,13-16H2,1H3,(H,20,21);;;/b12-9-;;;. The molecular formula is C18H36O3Sr. The van der Waals surface area contributed by atoms with Crippen LogP contribution >= 0.6 is 0 Å². The van der Waals surface area contributed by atoms with Gasteiger partial charge in [0.1, 0.15) is 0 Å². The van der Waals surface area contributed by atoms with Gasteiger partial charge in [-0.1, -0.05) is 64.0 Å². The number of hydrogen-bond donors (Lipinski definition) is 2. The van der Waals surface area contributed by atoms with Crippen LogP contribution in [0.15, 0.2) is 12.2 Å². The molecule has 0 radical (unpaired) electrons. The summed E-state index contributed by atoms with van der Waals surface area (Å²) in [6.07, 6.45) is 17.4. The summed E-state index contributed by atoms with van der Waals surface area (Å²) >= 11 is 0. The Morgan fingerprint density at radius 1 is 0.955 bits per heavy atom. The molecule has 0 aromatic heterocycles. The zero-order chi connectivity index (χ0) is 15.8. The van der Waals surface area contributed by atoms with E-state index in [1.54, 1.807) is 0 Å². The van der Waals surface area contributed by atoms with Crippen molar-refractivity contribution < 1.29 is 15.0 Å². The molecule has 4 heteroatoms. The van der Waals surface area contributed by atoms with Gasteiger partial charge in [0.25, 0.3) is 0 Å². The normalized spacial score (nSPS) is 12.3. The van der Waals surface area contributed by atoms with Crippen molar-refractivity contribution in [2.75, 3.05) is 0 Å². The van der Waals surface area contributed by atoms with E-state index < -0.39 is 5.97 Å². The maximum atomic E-state index is 10.3. The van der Waals surface area contributed by atoms with E-state index in [4.69, 9.17) is 5.11 Å². The number of carboxylic acids is 1. The first-order valence-electron chi connectivity index (χ1n) is 8.71. The molecule has 0 aliphatic carbocycles. The van der Waals surface area contributed by atoms with E-state index in [1.807, 2.05) is 0 Å². The molecule has 0 aliphatic heterocycles. The summed E-state index contributed by atoms with van der Waals surface area (Å²) in [5.74, 6) is -0.689. The zero-order valence-corrected chi connectivity index (χ0v) is 13.7. The Kier molecular flexibility index (Phi) is 22.3. The number of unbranched alkanes of at least 4 members (excludes halogenated alkanes) is 8. The topological polar surface area (TPSA) is 57.5 Å². The molecule has 1 atom stereocenters. The summed E-state index contributed by atoms with van der Waals surface area (Å²) in [6, 6.07) is 0. The fourth-order valence-electron chi connectivity index (χ4n) is 2.36. The average Bonchev–Trinajstić information content (AvgIpc) is 2.45. The van der Waals surface area contributed by atoms with Gasteiger partial charge in [-0.25, -0.2) is 0 Å². The van der Waals surface area contributed by atoms with E-state index in [2.05, 4.69) is 19.1 Å². The van der Waals surface area contributed by atoms with Gasteiger partial charge in [0, 0.05) is 6.42 Å². The summed E-state index contributed by atoms with van der Waals surface area (Å²) in [4.78, 5) is 10.3. The maximum absolute atomic E-state index is 10.3. The zero-order valence-electron chi connectivity index (χ0n) is 13.7. The number of hydrogen-bond acceptors (Lipinski definition) is 2. The predicted molar refractivity (Wildman–Crippen MR) is 97.0 cm³/mol. The first kappa shape index (κ1) is 24.9. The molecule has 22 heavy (non-hydrogen) atoms. The Bertz CT molecular complexity index is 267. The molecule has 3 nitrogen and oxygen atoms in total. The molecule has 0 saturated heterocycles. The van der Waals surface area contributed by atoms with Gasteiger partial charge in [0.2, 0.25) is 0 Å². The van der Waals surface area contributed by atoms with E-state index >= 15 is 0 Å². The van der Waals surface area contributed by atoms with Crippen LogP contribution in [0.2, 0.25) is 0 Å². The number of aliphatic carboxylic acids is 1. The monoisotopic (exact) mass is 388 g/mol. The Hall–Kier alpha value is 0.651. The van der Waals surface area contributed by atoms with Gasteiger partial charge in [0.05, 0.1) is 6.10 Å². The van der Waals surface area contributed by atoms with Crippen molar-refractivity contribution in [1.82, 2.24) is 0 Å². The second-order valence-corrected chi connectivity index (χ2v) is 5.91. The summed E-state index contributed by atoms with van der Waals surface area (Å²) in [5, 5.41) is 18.3. The van der Waals surface area contributed by atoms with E-state index in [1.165, 1.54) is 25.7 Å². The quantitative estimate of drug-likeness (QED) is 0.252. The van der Waals surface area contributed by atoms with E-state index in [0.717, 1.165) is 51.4 Å².